The van der Waals surface area contributed by atoms with Crippen LogP contribution in [0.5, 0.6) is 0 Å². The molecule has 1 aromatic heterocycles. The first-order valence-electron chi connectivity index (χ1n) is 6.21. The largest absolute Gasteiger partial charge is 0.325 e. The molecule has 0 saturated carbocycles. The van der Waals surface area contributed by atoms with Gasteiger partial charge in [-0.15, -0.1) is 11.3 Å². The van der Waals surface area contributed by atoms with Gasteiger partial charge in [0, 0.05) is 24.4 Å². The topological polar surface area (TPSA) is 44.4 Å². The maximum atomic E-state index is 11.0. The number of hydrogen-bond acceptors (Lipinski definition) is 4. The summed E-state index contributed by atoms with van der Waals surface area (Å²) in [5, 5.41) is 8.34. The highest BCUT2D eigenvalue weighted by Crippen LogP contribution is 2.22. The number of anilines is 1. The van der Waals surface area contributed by atoms with Crippen molar-refractivity contribution in [2.45, 2.75) is 32.9 Å². The molecule has 0 bridgehead atoms. The van der Waals surface area contributed by atoms with E-state index in [2.05, 4.69) is 36.6 Å². The van der Waals surface area contributed by atoms with Crippen molar-refractivity contribution in [1.82, 2.24) is 10.2 Å². The second kappa shape index (κ2) is 7.51. The second-order valence-electron chi connectivity index (χ2n) is 4.81. The Morgan fingerprint density at radius 1 is 1.50 bits per heavy atom. The van der Waals surface area contributed by atoms with Crippen LogP contribution in [0.3, 0.4) is 0 Å². The molecule has 102 valence electrons. The molecule has 0 radical (unpaired) electrons. The summed E-state index contributed by atoms with van der Waals surface area (Å²) in [6, 6.07) is 2.42. The zero-order valence-corrected chi connectivity index (χ0v) is 12.4. The third-order valence-corrected chi connectivity index (χ3v) is 3.60. The van der Waals surface area contributed by atoms with E-state index in [0.29, 0.717) is 6.04 Å². The molecule has 18 heavy (non-hydrogen) atoms. The quantitative estimate of drug-likeness (QED) is 0.797. The normalized spacial score (nSPS) is 12.7. The maximum absolute atomic E-state index is 11.0. The Balaban J connectivity index is 2.38. The molecular formula is C13H23N3OS. The average Bonchev–Trinajstić information content (AvgIpc) is 2.70. The highest BCUT2D eigenvalue weighted by atomic mass is 32.1. The Bertz CT molecular complexity index is 376. The van der Waals surface area contributed by atoms with Crippen molar-refractivity contribution < 1.29 is 4.79 Å². The van der Waals surface area contributed by atoms with Crippen molar-refractivity contribution in [1.29, 1.82) is 0 Å². The van der Waals surface area contributed by atoms with Gasteiger partial charge in [-0.05, 0) is 45.4 Å². The lowest BCUT2D eigenvalue weighted by Gasteiger charge is -2.16. The number of thiophene rings is 1. The zero-order valence-electron chi connectivity index (χ0n) is 11.6. The highest BCUT2D eigenvalue weighted by Gasteiger charge is 2.07. The molecule has 5 heteroatoms. The molecule has 4 nitrogen and oxygen atoms in total. The van der Waals surface area contributed by atoms with E-state index >= 15 is 0 Å². The average molecular weight is 269 g/mol. The molecule has 1 rings (SSSR count). The molecule has 1 heterocycles. The smallest absolute Gasteiger partial charge is 0.221 e. The van der Waals surface area contributed by atoms with Crippen molar-refractivity contribution in [2.75, 3.05) is 26.0 Å². The summed E-state index contributed by atoms with van der Waals surface area (Å²) in [5.74, 6) is -0.0182. The van der Waals surface area contributed by atoms with Gasteiger partial charge >= 0.3 is 0 Å². The molecule has 0 aliphatic heterocycles. The van der Waals surface area contributed by atoms with Crippen LogP contribution in [0.1, 0.15) is 25.1 Å². The van der Waals surface area contributed by atoms with Gasteiger partial charge in [0.25, 0.3) is 0 Å². The lowest BCUT2D eigenvalue weighted by molar-refractivity contribution is -0.114. The summed E-state index contributed by atoms with van der Waals surface area (Å²) in [6.07, 6.45) is 1.12. The van der Waals surface area contributed by atoms with E-state index in [9.17, 15) is 4.79 Å². The Morgan fingerprint density at radius 3 is 2.83 bits per heavy atom. The molecule has 1 amide bonds. The van der Waals surface area contributed by atoms with Crippen molar-refractivity contribution in [3.63, 3.8) is 0 Å². The third-order valence-electron chi connectivity index (χ3n) is 2.68. The van der Waals surface area contributed by atoms with Crippen LogP contribution in [0.15, 0.2) is 11.4 Å². The lowest BCUT2D eigenvalue weighted by Crippen LogP contribution is -2.29. The van der Waals surface area contributed by atoms with Crippen molar-refractivity contribution in [3.05, 3.63) is 16.3 Å². The number of carbonyl (C=O) groups is 1. The van der Waals surface area contributed by atoms with Gasteiger partial charge in [-0.3, -0.25) is 4.79 Å². The second-order valence-corrected chi connectivity index (χ2v) is 5.81. The van der Waals surface area contributed by atoms with Gasteiger partial charge in [0.15, 0.2) is 0 Å². The summed E-state index contributed by atoms with van der Waals surface area (Å²) < 4.78 is 0. The lowest BCUT2D eigenvalue weighted by atomic mass is 10.2. The molecular weight excluding hydrogens is 246 g/mol. The van der Waals surface area contributed by atoms with E-state index in [4.69, 9.17) is 0 Å². The van der Waals surface area contributed by atoms with Gasteiger partial charge in [0.05, 0.1) is 5.69 Å². The van der Waals surface area contributed by atoms with Crippen LogP contribution < -0.4 is 10.6 Å². The minimum atomic E-state index is -0.0182. The number of carbonyl (C=O) groups excluding carboxylic acids is 1. The Labute approximate surface area is 113 Å². The Morgan fingerprint density at radius 2 is 2.22 bits per heavy atom. The van der Waals surface area contributed by atoms with Gasteiger partial charge in [-0.25, -0.2) is 0 Å². The maximum Gasteiger partial charge on any atom is 0.221 e. The Kier molecular flexibility index (Phi) is 6.32. The molecule has 0 fully saturated rings. The predicted octanol–water partition coefficient (Wildman–Crippen LogP) is 2.14. The minimum Gasteiger partial charge on any atom is -0.325 e. The summed E-state index contributed by atoms with van der Waals surface area (Å²) in [6.45, 7) is 5.61. The standard InChI is InChI=1S/C13H23N3OS/c1-10(5-7-16(3)4)14-9-13-12(6-8-18-13)15-11(2)17/h6,8,10,14H,5,7,9H2,1-4H3,(H,15,17). The monoisotopic (exact) mass is 269 g/mol. The number of amides is 1. The van der Waals surface area contributed by atoms with Crippen molar-refractivity contribution in [3.8, 4) is 0 Å². The van der Waals surface area contributed by atoms with Crippen LogP contribution in [0.2, 0.25) is 0 Å². The van der Waals surface area contributed by atoms with E-state index in [1.165, 1.54) is 11.8 Å². The molecule has 1 unspecified atom stereocenters. The van der Waals surface area contributed by atoms with Crippen LogP contribution in [0.4, 0.5) is 5.69 Å². The molecule has 0 saturated heterocycles. The van der Waals surface area contributed by atoms with Crippen molar-refractivity contribution >= 4 is 22.9 Å². The third kappa shape index (κ3) is 5.62. The summed E-state index contributed by atoms with van der Waals surface area (Å²) in [5.41, 5.74) is 0.930. The first-order chi connectivity index (χ1) is 8.49. The molecule has 1 atom stereocenters. The van der Waals surface area contributed by atoms with E-state index in [1.54, 1.807) is 11.3 Å². The fraction of sp³-hybridized carbons (Fsp3) is 0.615. The molecule has 2 N–H and O–H groups in total. The first-order valence-corrected chi connectivity index (χ1v) is 7.09. The number of nitrogens with zero attached hydrogens (tertiary/aromatic N) is 1. The van der Waals surface area contributed by atoms with Gasteiger partial charge in [0.1, 0.15) is 0 Å². The van der Waals surface area contributed by atoms with E-state index < -0.39 is 0 Å². The fourth-order valence-corrected chi connectivity index (χ4v) is 2.38. The molecule has 1 aromatic rings. The van der Waals surface area contributed by atoms with Crippen LogP contribution in [0, 0.1) is 0 Å². The molecule has 0 spiro atoms. The van der Waals surface area contributed by atoms with Gasteiger partial charge < -0.3 is 15.5 Å². The van der Waals surface area contributed by atoms with Gasteiger partial charge in [0.2, 0.25) is 5.91 Å². The van der Waals surface area contributed by atoms with E-state index in [1.807, 2.05) is 11.4 Å². The minimum absolute atomic E-state index is 0.0182. The van der Waals surface area contributed by atoms with E-state index in [0.717, 1.165) is 25.2 Å². The zero-order chi connectivity index (χ0) is 13.5. The molecule has 0 aliphatic carbocycles. The Hall–Kier alpha value is -0.910. The predicted molar refractivity (Wildman–Crippen MR) is 78.1 cm³/mol. The van der Waals surface area contributed by atoms with Gasteiger partial charge in [-0.2, -0.15) is 0 Å². The van der Waals surface area contributed by atoms with Crippen LogP contribution in [-0.2, 0) is 11.3 Å². The SMILES string of the molecule is CC(=O)Nc1ccsc1CNC(C)CCN(C)C. The molecule has 0 aromatic carbocycles. The van der Waals surface area contributed by atoms with Gasteiger partial charge in [-0.1, -0.05) is 0 Å². The number of rotatable bonds is 7. The summed E-state index contributed by atoms with van der Waals surface area (Å²) >= 11 is 1.67. The van der Waals surface area contributed by atoms with E-state index in [-0.39, 0.29) is 5.91 Å². The fourth-order valence-electron chi connectivity index (χ4n) is 1.60. The summed E-state index contributed by atoms with van der Waals surface area (Å²) in [7, 11) is 4.17. The first kappa shape index (κ1) is 15.1. The number of hydrogen-bond donors (Lipinski definition) is 2. The molecule has 0 aliphatic rings. The summed E-state index contributed by atoms with van der Waals surface area (Å²) in [4.78, 5) is 14.4. The number of nitrogens with one attached hydrogen (secondary N) is 2. The van der Waals surface area contributed by atoms with Crippen LogP contribution in [0.25, 0.3) is 0 Å². The van der Waals surface area contributed by atoms with Crippen LogP contribution in [-0.4, -0.2) is 37.5 Å². The van der Waals surface area contributed by atoms with Crippen LogP contribution >= 0.6 is 11.3 Å². The highest BCUT2D eigenvalue weighted by molar-refractivity contribution is 7.10. The van der Waals surface area contributed by atoms with Crippen molar-refractivity contribution in [2.24, 2.45) is 0 Å².